The molecular formula is C24H32IN5O2. The minimum absolute atomic E-state index is 0. The van der Waals surface area contributed by atoms with Gasteiger partial charge >= 0.3 is 0 Å². The number of carbonyl (C=O) groups excluding carboxylic acids is 2. The monoisotopic (exact) mass is 549 g/mol. The first-order valence-electron chi connectivity index (χ1n) is 10.8. The molecule has 0 spiro atoms. The fraction of sp³-hybridized carbons (Fsp3) is 0.375. The maximum absolute atomic E-state index is 12.0. The lowest BCUT2D eigenvalue weighted by atomic mass is 9.90. The van der Waals surface area contributed by atoms with Crippen molar-refractivity contribution in [3.63, 3.8) is 0 Å². The minimum Gasteiger partial charge on any atom is -0.357 e. The molecule has 1 unspecified atom stereocenters. The van der Waals surface area contributed by atoms with E-state index in [-0.39, 0.29) is 47.6 Å². The molecule has 7 nitrogen and oxygen atoms in total. The Morgan fingerprint density at radius 2 is 1.84 bits per heavy atom. The van der Waals surface area contributed by atoms with Crippen molar-refractivity contribution in [2.24, 2.45) is 10.9 Å². The number of nitrogens with one attached hydrogen (secondary N) is 4. The molecule has 3 rings (SSSR count). The van der Waals surface area contributed by atoms with Crippen LogP contribution in [0.3, 0.4) is 0 Å². The van der Waals surface area contributed by atoms with E-state index in [1.165, 1.54) is 0 Å². The van der Waals surface area contributed by atoms with E-state index in [1.54, 1.807) is 0 Å². The molecule has 1 aliphatic heterocycles. The van der Waals surface area contributed by atoms with Crippen molar-refractivity contribution in [3.8, 4) is 0 Å². The van der Waals surface area contributed by atoms with E-state index < -0.39 is 0 Å². The van der Waals surface area contributed by atoms with Crippen LogP contribution in [-0.2, 0) is 16.1 Å². The average Bonchev–Trinajstić information content (AvgIpc) is 2.76. The number of para-hydroxylation sites is 1. The van der Waals surface area contributed by atoms with Gasteiger partial charge in [-0.25, -0.2) is 4.99 Å². The second-order valence-electron chi connectivity index (χ2n) is 7.95. The third-order valence-electron chi connectivity index (χ3n) is 5.13. The van der Waals surface area contributed by atoms with Crippen molar-refractivity contribution in [3.05, 3.63) is 59.7 Å². The van der Waals surface area contributed by atoms with Gasteiger partial charge < -0.3 is 21.3 Å². The molecule has 1 heterocycles. The van der Waals surface area contributed by atoms with Gasteiger partial charge in [-0.2, -0.15) is 0 Å². The first-order chi connectivity index (χ1) is 15.0. The van der Waals surface area contributed by atoms with E-state index in [4.69, 9.17) is 0 Å². The van der Waals surface area contributed by atoms with Gasteiger partial charge in [0.25, 0.3) is 0 Å². The molecule has 4 N–H and O–H groups in total. The Labute approximate surface area is 206 Å². The number of anilines is 2. The molecule has 32 heavy (non-hydrogen) atoms. The van der Waals surface area contributed by atoms with Crippen LogP contribution in [0.4, 0.5) is 11.4 Å². The molecule has 8 heteroatoms. The van der Waals surface area contributed by atoms with E-state index in [2.05, 4.69) is 32.3 Å². The number of hydrogen-bond donors (Lipinski definition) is 4. The first kappa shape index (κ1) is 25.6. The molecule has 1 aliphatic rings. The third kappa shape index (κ3) is 7.22. The standard InChI is InChI=1S/C24H31N5O2.HI/c1-4-25-24(26-14-17-9-11-19(12-10-17)28-23(31)16(2)3)27-15-18-13-22(30)29-21-8-6-5-7-20(18)21;/h5-12,16,18H,4,13-15H2,1-3H3,(H,28,31)(H,29,30)(H2,25,26,27);1H. The van der Waals surface area contributed by atoms with Crippen molar-refractivity contribution < 1.29 is 9.59 Å². The van der Waals surface area contributed by atoms with E-state index in [0.717, 1.165) is 29.0 Å². The fourth-order valence-corrected chi connectivity index (χ4v) is 3.40. The van der Waals surface area contributed by atoms with Crippen molar-refractivity contribution in [2.45, 2.75) is 39.7 Å². The maximum Gasteiger partial charge on any atom is 0.226 e. The van der Waals surface area contributed by atoms with Gasteiger partial charge in [-0.3, -0.25) is 9.59 Å². The number of aliphatic imine (C=N–C) groups is 1. The van der Waals surface area contributed by atoms with Gasteiger partial charge in [0.05, 0.1) is 6.54 Å². The zero-order chi connectivity index (χ0) is 22.2. The molecule has 0 bridgehead atoms. The zero-order valence-corrected chi connectivity index (χ0v) is 21.1. The molecule has 0 saturated carbocycles. The Kier molecular flexibility index (Phi) is 9.96. The van der Waals surface area contributed by atoms with Crippen LogP contribution in [0.25, 0.3) is 0 Å². The van der Waals surface area contributed by atoms with Crippen LogP contribution in [0.5, 0.6) is 0 Å². The van der Waals surface area contributed by atoms with E-state index in [0.29, 0.717) is 25.5 Å². The summed E-state index contributed by atoms with van der Waals surface area (Å²) in [4.78, 5) is 28.5. The smallest absolute Gasteiger partial charge is 0.226 e. The summed E-state index contributed by atoms with van der Waals surface area (Å²) in [6, 6.07) is 15.6. The topological polar surface area (TPSA) is 94.6 Å². The number of carbonyl (C=O) groups is 2. The summed E-state index contributed by atoms with van der Waals surface area (Å²) in [5, 5.41) is 12.5. The van der Waals surface area contributed by atoms with Crippen LogP contribution < -0.4 is 21.3 Å². The Hall–Kier alpha value is -2.62. The maximum atomic E-state index is 12.0. The predicted molar refractivity (Wildman–Crippen MR) is 141 cm³/mol. The lowest BCUT2D eigenvalue weighted by Crippen LogP contribution is -2.40. The number of amides is 2. The quantitative estimate of drug-likeness (QED) is 0.238. The summed E-state index contributed by atoms with van der Waals surface area (Å²) in [6.45, 7) is 7.63. The largest absolute Gasteiger partial charge is 0.357 e. The van der Waals surface area contributed by atoms with Crippen molar-refractivity contribution >= 4 is 53.1 Å². The van der Waals surface area contributed by atoms with E-state index >= 15 is 0 Å². The Morgan fingerprint density at radius 3 is 2.53 bits per heavy atom. The number of nitrogens with zero attached hydrogens (tertiary/aromatic N) is 1. The normalized spacial score (nSPS) is 15.3. The second kappa shape index (κ2) is 12.4. The molecule has 0 fully saturated rings. The molecule has 0 aliphatic carbocycles. The number of fused-ring (bicyclic) bond motifs is 1. The molecule has 0 saturated heterocycles. The Morgan fingerprint density at radius 1 is 1.12 bits per heavy atom. The average molecular weight is 549 g/mol. The SMILES string of the molecule is CCNC(=NCc1ccc(NC(=O)C(C)C)cc1)NCC1CC(=O)Nc2ccccc21.I. The summed E-state index contributed by atoms with van der Waals surface area (Å²) < 4.78 is 0. The molecular weight excluding hydrogens is 517 g/mol. The Bertz CT molecular complexity index is 944. The highest BCUT2D eigenvalue weighted by molar-refractivity contribution is 14.0. The molecule has 2 aromatic carbocycles. The van der Waals surface area contributed by atoms with Crippen LogP contribution in [-0.4, -0.2) is 30.9 Å². The molecule has 1 atom stereocenters. The van der Waals surface area contributed by atoms with Crippen LogP contribution in [0, 0.1) is 5.92 Å². The van der Waals surface area contributed by atoms with Gasteiger partial charge in [-0.1, -0.05) is 44.2 Å². The number of rotatable bonds is 7. The van der Waals surface area contributed by atoms with Gasteiger partial charge in [0.2, 0.25) is 11.8 Å². The summed E-state index contributed by atoms with van der Waals surface area (Å²) >= 11 is 0. The van der Waals surface area contributed by atoms with Gasteiger partial charge in [-0.15, -0.1) is 24.0 Å². The van der Waals surface area contributed by atoms with Gasteiger partial charge in [0, 0.05) is 42.7 Å². The van der Waals surface area contributed by atoms with Gasteiger partial charge in [-0.05, 0) is 36.2 Å². The van der Waals surface area contributed by atoms with Crippen molar-refractivity contribution in [1.82, 2.24) is 10.6 Å². The Balaban J connectivity index is 0.00000363. The highest BCUT2D eigenvalue weighted by Crippen LogP contribution is 2.31. The van der Waals surface area contributed by atoms with Crippen LogP contribution >= 0.6 is 24.0 Å². The number of halogens is 1. The van der Waals surface area contributed by atoms with Gasteiger partial charge in [0.15, 0.2) is 5.96 Å². The van der Waals surface area contributed by atoms with Crippen molar-refractivity contribution in [1.29, 1.82) is 0 Å². The number of hydrogen-bond acceptors (Lipinski definition) is 3. The summed E-state index contributed by atoms with van der Waals surface area (Å²) in [5.41, 5.74) is 3.86. The lowest BCUT2D eigenvalue weighted by molar-refractivity contribution is -0.119. The highest BCUT2D eigenvalue weighted by atomic mass is 127. The number of benzene rings is 2. The predicted octanol–water partition coefficient (Wildman–Crippen LogP) is 4.08. The highest BCUT2D eigenvalue weighted by Gasteiger charge is 2.24. The minimum atomic E-state index is -0.0553. The number of guanidine groups is 1. The zero-order valence-electron chi connectivity index (χ0n) is 18.8. The van der Waals surface area contributed by atoms with Crippen LogP contribution in [0.2, 0.25) is 0 Å². The molecule has 2 amide bonds. The van der Waals surface area contributed by atoms with Crippen LogP contribution in [0.15, 0.2) is 53.5 Å². The van der Waals surface area contributed by atoms with E-state index in [9.17, 15) is 9.59 Å². The summed E-state index contributed by atoms with van der Waals surface area (Å²) in [7, 11) is 0. The molecule has 2 aromatic rings. The second-order valence-corrected chi connectivity index (χ2v) is 7.95. The fourth-order valence-electron chi connectivity index (χ4n) is 3.40. The molecule has 0 radical (unpaired) electrons. The summed E-state index contributed by atoms with van der Waals surface area (Å²) in [6.07, 6.45) is 0.451. The lowest BCUT2D eigenvalue weighted by Gasteiger charge is -2.26. The third-order valence-corrected chi connectivity index (χ3v) is 5.13. The first-order valence-corrected chi connectivity index (χ1v) is 10.8. The summed E-state index contributed by atoms with van der Waals surface area (Å²) in [5.74, 6) is 0.792. The molecule has 172 valence electrons. The van der Waals surface area contributed by atoms with Crippen LogP contribution in [0.1, 0.15) is 44.2 Å². The molecule has 0 aromatic heterocycles. The van der Waals surface area contributed by atoms with Crippen molar-refractivity contribution in [2.75, 3.05) is 23.7 Å². The van der Waals surface area contributed by atoms with Gasteiger partial charge in [0.1, 0.15) is 0 Å². The van der Waals surface area contributed by atoms with E-state index in [1.807, 2.05) is 63.2 Å².